The zero-order valence-corrected chi connectivity index (χ0v) is 15.7. The van der Waals surface area contributed by atoms with E-state index in [2.05, 4.69) is 25.6 Å². The van der Waals surface area contributed by atoms with Gasteiger partial charge in [-0.15, -0.1) is 10.2 Å². The van der Waals surface area contributed by atoms with E-state index in [1.807, 2.05) is 61.5 Å². The number of fused-ring (bicyclic) bond motifs is 1. The van der Waals surface area contributed by atoms with Gasteiger partial charge in [0.05, 0.1) is 5.75 Å². The van der Waals surface area contributed by atoms with Crippen LogP contribution in [0.5, 0.6) is 0 Å². The van der Waals surface area contributed by atoms with Gasteiger partial charge in [-0.25, -0.2) is 0 Å². The van der Waals surface area contributed by atoms with Crippen molar-refractivity contribution in [1.82, 2.24) is 24.8 Å². The third-order valence-electron chi connectivity index (χ3n) is 3.97. The molecule has 0 aliphatic carbocycles. The molecule has 2 aromatic heterocycles. The molecule has 8 nitrogen and oxygen atoms in total. The number of aromatic nitrogens is 5. The number of benzene rings is 2. The number of aryl methyl sites for hydroxylation is 1. The molecular weight excluding hydrogens is 376 g/mol. The topological polar surface area (TPSA) is 105 Å². The van der Waals surface area contributed by atoms with Crippen molar-refractivity contribution in [2.75, 3.05) is 11.1 Å². The maximum Gasteiger partial charge on any atom is 0.279 e. The highest BCUT2D eigenvalue weighted by molar-refractivity contribution is 7.99. The first-order valence-corrected chi connectivity index (χ1v) is 9.49. The first-order chi connectivity index (χ1) is 13.6. The normalized spacial score (nSPS) is 10.9. The van der Waals surface area contributed by atoms with Crippen LogP contribution in [0.3, 0.4) is 0 Å². The lowest BCUT2D eigenvalue weighted by Crippen LogP contribution is -2.16. The van der Waals surface area contributed by atoms with E-state index in [0.717, 1.165) is 11.3 Å². The number of anilines is 1. The molecule has 0 unspecified atom stereocenters. The lowest BCUT2D eigenvalue weighted by atomic mass is 10.1. The Morgan fingerprint density at radius 1 is 1.11 bits per heavy atom. The van der Waals surface area contributed by atoms with E-state index in [1.54, 1.807) is 0 Å². The molecule has 0 saturated heterocycles. The Bertz CT molecular complexity index is 1180. The Hall–Kier alpha value is -3.46. The maximum atomic E-state index is 12.3. The number of para-hydroxylation sites is 1. The summed E-state index contributed by atoms with van der Waals surface area (Å²) in [6, 6.07) is 16.7. The van der Waals surface area contributed by atoms with Gasteiger partial charge in [0.15, 0.2) is 5.69 Å². The quantitative estimate of drug-likeness (QED) is 0.506. The number of nitrogens with one attached hydrogen (secondary N) is 2. The van der Waals surface area contributed by atoms with Crippen molar-refractivity contribution in [2.24, 2.45) is 0 Å². The van der Waals surface area contributed by atoms with Gasteiger partial charge < -0.3 is 5.32 Å². The summed E-state index contributed by atoms with van der Waals surface area (Å²) in [6.45, 7) is 1.97. The number of carbonyl (C=O) groups is 1. The molecule has 0 radical (unpaired) electrons. The van der Waals surface area contributed by atoms with Crippen molar-refractivity contribution in [3.05, 3.63) is 70.5 Å². The summed E-state index contributed by atoms with van der Waals surface area (Å²) in [5.41, 5.74) is 2.43. The number of rotatable bonds is 5. The molecule has 0 saturated carbocycles. The van der Waals surface area contributed by atoms with Crippen LogP contribution in [0.1, 0.15) is 5.56 Å². The van der Waals surface area contributed by atoms with Gasteiger partial charge in [-0.2, -0.15) is 9.61 Å². The Morgan fingerprint density at radius 3 is 2.61 bits per heavy atom. The minimum atomic E-state index is -0.345. The van der Waals surface area contributed by atoms with Crippen LogP contribution in [0.15, 0.2) is 64.5 Å². The molecule has 0 aliphatic heterocycles. The highest BCUT2D eigenvalue weighted by Crippen LogP contribution is 2.18. The predicted octanol–water partition coefficient (Wildman–Crippen LogP) is 2.52. The van der Waals surface area contributed by atoms with Crippen molar-refractivity contribution in [3.63, 3.8) is 0 Å². The second-order valence-electron chi connectivity index (χ2n) is 6.09. The van der Waals surface area contributed by atoms with Gasteiger partial charge >= 0.3 is 0 Å². The van der Waals surface area contributed by atoms with E-state index in [-0.39, 0.29) is 28.7 Å². The van der Waals surface area contributed by atoms with Crippen LogP contribution >= 0.6 is 11.8 Å². The first-order valence-electron chi connectivity index (χ1n) is 8.50. The number of hydrogen-bond acceptors (Lipinski definition) is 6. The second kappa shape index (κ2) is 7.65. The monoisotopic (exact) mass is 392 g/mol. The van der Waals surface area contributed by atoms with Crippen LogP contribution in [-0.4, -0.2) is 36.5 Å². The van der Waals surface area contributed by atoms with Gasteiger partial charge in [0.2, 0.25) is 11.1 Å². The third-order valence-corrected chi connectivity index (χ3v) is 4.89. The van der Waals surface area contributed by atoms with Gasteiger partial charge in [0.1, 0.15) is 0 Å². The number of nitrogens with zero attached hydrogens (tertiary/aromatic N) is 4. The van der Waals surface area contributed by atoms with Gasteiger partial charge in [0, 0.05) is 11.3 Å². The molecule has 2 aromatic carbocycles. The lowest BCUT2D eigenvalue weighted by molar-refractivity contribution is -0.113. The molecule has 0 atom stereocenters. The van der Waals surface area contributed by atoms with Crippen LogP contribution in [0.4, 0.5) is 5.69 Å². The molecule has 2 N–H and O–H groups in total. The molecule has 0 spiro atoms. The molecule has 0 fully saturated rings. The molecule has 28 heavy (non-hydrogen) atoms. The van der Waals surface area contributed by atoms with E-state index < -0.39 is 0 Å². The largest absolute Gasteiger partial charge is 0.325 e. The minimum Gasteiger partial charge on any atom is -0.325 e. The predicted molar refractivity (Wildman–Crippen MR) is 107 cm³/mol. The summed E-state index contributed by atoms with van der Waals surface area (Å²) >= 11 is 1.19. The molecular formula is C19H16N6O2S. The van der Waals surface area contributed by atoms with Crippen LogP contribution in [0, 0.1) is 6.92 Å². The smallest absolute Gasteiger partial charge is 0.279 e. The van der Waals surface area contributed by atoms with Crippen LogP contribution in [0.25, 0.3) is 17.0 Å². The number of hydrogen-bond donors (Lipinski definition) is 2. The van der Waals surface area contributed by atoms with Gasteiger partial charge in [0.25, 0.3) is 11.3 Å². The number of aromatic amines is 1. The van der Waals surface area contributed by atoms with Crippen molar-refractivity contribution >= 4 is 29.1 Å². The molecule has 2 heterocycles. The molecule has 4 rings (SSSR count). The Kier molecular flexibility index (Phi) is 4.90. The third kappa shape index (κ3) is 3.79. The Morgan fingerprint density at radius 2 is 1.86 bits per heavy atom. The minimum absolute atomic E-state index is 0.135. The summed E-state index contributed by atoms with van der Waals surface area (Å²) in [5.74, 6) is 0.194. The van der Waals surface area contributed by atoms with E-state index in [0.29, 0.717) is 10.7 Å². The van der Waals surface area contributed by atoms with Crippen molar-refractivity contribution in [2.45, 2.75) is 12.1 Å². The number of thioether (sulfide) groups is 1. The van der Waals surface area contributed by atoms with Crippen LogP contribution in [-0.2, 0) is 4.79 Å². The van der Waals surface area contributed by atoms with E-state index in [1.165, 1.54) is 16.3 Å². The second-order valence-corrected chi connectivity index (χ2v) is 7.03. The fourth-order valence-electron chi connectivity index (χ4n) is 2.58. The zero-order valence-electron chi connectivity index (χ0n) is 14.9. The number of amides is 1. The SMILES string of the molecule is Cc1ccc(-c2nn3c(SCC(=O)Nc4ccccc4)nnc3[nH]c2=O)cc1. The average Bonchev–Trinajstić information content (AvgIpc) is 3.09. The fraction of sp³-hybridized carbons (Fsp3) is 0.105. The average molecular weight is 392 g/mol. The van der Waals surface area contributed by atoms with E-state index >= 15 is 0 Å². The van der Waals surface area contributed by atoms with Crippen molar-refractivity contribution in [1.29, 1.82) is 0 Å². The molecule has 0 aliphatic rings. The molecule has 4 aromatic rings. The highest BCUT2D eigenvalue weighted by atomic mass is 32.2. The van der Waals surface area contributed by atoms with Gasteiger partial charge in [-0.3, -0.25) is 14.6 Å². The van der Waals surface area contributed by atoms with Gasteiger partial charge in [-0.1, -0.05) is 59.8 Å². The molecule has 0 bridgehead atoms. The summed E-state index contributed by atoms with van der Waals surface area (Å²) < 4.78 is 1.44. The molecule has 140 valence electrons. The van der Waals surface area contributed by atoms with Crippen molar-refractivity contribution in [3.8, 4) is 11.3 Å². The Balaban J connectivity index is 1.56. The summed E-state index contributed by atoms with van der Waals surface area (Å²) in [6.07, 6.45) is 0. The lowest BCUT2D eigenvalue weighted by Gasteiger charge is -2.04. The zero-order chi connectivity index (χ0) is 19.5. The molecule has 1 amide bonds. The van der Waals surface area contributed by atoms with Crippen LogP contribution < -0.4 is 10.9 Å². The maximum absolute atomic E-state index is 12.3. The van der Waals surface area contributed by atoms with Gasteiger partial charge in [-0.05, 0) is 19.1 Å². The number of H-pyrrole nitrogens is 1. The summed E-state index contributed by atoms with van der Waals surface area (Å²) in [5, 5.41) is 15.6. The first kappa shape index (κ1) is 17.9. The standard InChI is InChI=1S/C19H16N6O2S/c1-12-7-9-13(10-8-12)16-17(27)21-18-22-23-19(25(18)24-16)28-11-15(26)20-14-5-3-2-4-6-14/h2-10H,11H2,1H3,(H,20,26)(H,21,22,27). The summed E-state index contributed by atoms with van der Waals surface area (Å²) in [4.78, 5) is 27.2. The van der Waals surface area contributed by atoms with Crippen molar-refractivity contribution < 1.29 is 4.79 Å². The highest BCUT2D eigenvalue weighted by Gasteiger charge is 2.14. The fourth-order valence-corrected chi connectivity index (χ4v) is 3.26. The molecule has 9 heteroatoms. The number of carbonyl (C=O) groups excluding carboxylic acids is 1. The Labute approximate surface area is 164 Å². The summed E-state index contributed by atoms with van der Waals surface area (Å²) in [7, 11) is 0. The van der Waals surface area contributed by atoms with Crippen LogP contribution in [0.2, 0.25) is 0 Å². The van der Waals surface area contributed by atoms with E-state index in [4.69, 9.17) is 0 Å². The van der Waals surface area contributed by atoms with E-state index in [9.17, 15) is 9.59 Å².